The fourth-order valence-corrected chi connectivity index (χ4v) is 3.23. The number of pyridine rings is 1. The van der Waals surface area contributed by atoms with E-state index in [4.69, 9.17) is 4.74 Å². The molecule has 0 aromatic carbocycles. The van der Waals surface area contributed by atoms with Gasteiger partial charge in [0.05, 0.1) is 12.1 Å². The monoisotopic (exact) mass is 296 g/mol. The van der Waals surface area contributed by atoms with E-state index in [9.17, 15) is 13.6 Å². The normalized spacial score (nSPS) is 27.5. The number of nitrogens with zero attached hydrogens (tertiary/aromatic N) is 2. The third-order valence-electron chi connectivity index (χ3n) is 3.98. The van der Waals surface area contributed by atoms with E-state index in [1.807, 2.05) is 0 Å². The van der Waals surface area contributed by atoms with E-state index >= 15 is 0 Å². The Morgan fingerprint density at radius 3 is 2.81 bits per heavy atom. The van der Waals surface area contributed by atoms with E-state index in [1.54, 1.807) is 26.8 Å². The predicted octanol–water partition coefficient (Wildman–Crippen LogP) is 3.69. The second kappa shape index (κ2) is 4.64. The molecule has 1 saturated heterocycles. The third-order valence-corrected chi connectivity index (χ3v) is 3.98. The lowest BCUT2D eigenvalue weighted by Gasteiger charge is -2.38. The van der Waals surface area contributed by atoms with Gasteiger partial charge in [-0.25, -0.2) is 14.2 Å². The van der Waals surface area contributed by atoms with Gasteiger partial charge in [0, 0.05) is 11.8 Å². The molecular weight excluding hydrogens is 278 g/mol. The fourth-order valence-electron chi connectivity index (χ4n) is 3.23. The number of carbonyl (C=O) groups excluding carboxylic acids is 1. The summed E-state index contributed by atoms with van der Waals surface area (Å²) < 4.78 is 33.8. The van der Waals surface area contributed by atoms with Crippen molar-refractivity contribution in [2.75, 3.05) is 0 Å². The van der Waals surface area contributed by atoms with Crippen molar-refractivity contribution in [2.45, 2.75) is 57.5 Å². The Hall–Kier alpha value is -1.72. The van der Waals surface area contributed by atoms with Crippen molar-refractivity contribution < 1.29 is 18.3 Å². The maximum atomic E-state index is 14.6. The van der Waals surface area contributed by atoms with E-state index in [0.717, 1.165) is 0 Å². The molecule has 0 N–H and O–H groups in total. The minimum Gasteiger partial charge on any atom is -0.444 e. The minimum atomic E-state index is -1.56. The molecule has 0 spiro atoms. The van der Waals surface area contributed by atoms with E-state index in [1.165, 1.54) is 11.1 Å². The topological polar surface area (TPSA) is 42.4 Å². The molecule has 0 aliphatic carbocycles. The second-order valence-electron chi connectivity index (χ2n) is 6.55. The zero-order valence-electron chi connectivity index (χ0n) is 12.3. The molecule has 2 bridgehead atoms. The second-order valence-corrected chi connectivity index (χ2v) is 6.55. The van der Waals surface area contributed by atoms with Crippen molar-refractivity contribution in [3.05, 3.63) is 29.3 Å². The van der Waals surface area contributed by atoms with Crippen LogP contribution in [0, 0.1) is 5.95 Å². The van der Waals surface area contributed by atoms with Crippen molar-refractivity contribution in [3.8, 4) is 0 Å². The van der Waals surface area contributed by atoms with Gasteiger partial charge in [-0.2, -0.15) is 4.39 Å². The number of aromatic nitrogens is 1. The van der Waals surface area contributed by atoms with E-state index < -0.39 is 29.9 Å². The highest BCUT2D eigenvalue weighted by Crippen LogP contribution is 2.50. The molecule has 2 aliphatic heterocycles. The van der Waals surface area contributed by atoms with Crippen LogP contribution in [0.4, 0.5) is 13.6 Å². The number of hydrogen-bond donors (Lipinski definition) is 0. The van der Waals surface area contributed by atoms with Gasteiger partial charge >= 0.3 is 6.09 Å². The number of halogens is 2. The highest BCUT2D eigenvalue weighted by molar-refractivity contribution is 5.71. The molecular formula is C15H18F2N2O2. The van der Waals surface area contributed by atoms with Crippen molar-refractivity contribution in [1.29, 1.82) is 0 Å². The number of hydrogen-bond acceptors (Lipinski definition) is 3. The Morgan fingerprint density at radius 2 is 2.14 bits per heavy atom. The van der Waals surface area contributed by atoms with Gasteiger partial charge in [0.25, 0.3) is 0 Å². The summed E-state index contributed by atoms with van der Waals surface area (Å²) >= 11 is 0. The van der Waals surface area contributed by atoms with Gasteiger partial charge in [-0.3, -0.25) is 4.90 Å². The van der Waals surface area contributed by atoms with Crippen LogP contribution in [0.25, 0.3) is 0 Å². The fraction of sp³-hybridized carbons (Fsp3) is 0.600. The molecule has 0 radical (unpaired) electrons. The Labute approximate surface area is 122 Å². The first-order valence-corrected chi connectivity index (χ1v) is 7.09. The van der Waals surface area contributed by atoms with Crippen LogP contribution in [-0.2, 0) is 4.74 Å². The van der Waals surface area contributed by atoms with Gasteiger partial charge in [0.1, 0.15) is 5.60 Å². The molecule has 4 nitrogen and oxygen atoms in total. The van der Waals surface area contributed by atoms with E-state index in [-0.39, 0.29) is 11.6 Å². The van der Waals surface area contributed by atoms with Crippen LogP contribution in [0.1, 0.15) is 57.0 Å². The minimum absolute atomic E-state index is 0.00445. The molecule has 114 valence electrons. The number of amides is 1. The largest absolute Gasteiger partial charge is 0.444 e. The first-order valence-electron chi connectivity index (χ1n) is 7.09. The number of fused-ring (bicyclic) bond motifs is 4. The summed E-state index contributed by atoms with van der Waals surface area (Å²) in [6, 6.07) is 0.592. The standard InChI is InChI=1S/C15H18F2N2O2/c1-15(2,3)21-14(20)19-9-4-5-10(19)12(16)11-8(9)6-7-18-13(11)17/h6-7,9-10,12H,4-5H2,1-3H3/t9?,10?,12-/m1/s1. The van der Waals surface area contributed by atoms with Crippen molar-refractivity contribution in [2.24, 2.45) is 0 Å². The summed E-state index contributed by atoms with van der Waals surface area (Å²) in [7, 11) is 0. The maximum Gasteiger partial charge on any atom is 0.411 e. The smallest absolute Gasteiger partial charge is 0.411 e. The average Bonchev–Trinajstić information content (AvgIpc) is 2.74. The van der Waals surface area contributed by atoms with Crippen molar-refractivity contribution in [1.82, 2.24) is 9.88 Å². The maximum absolute atomic E-state index is 14.6. The lowest BCUT2D eigenvalue weighted by Crippen LogP contribution is -2.46. The summed E-state index contributed by atoms with van der Waals surface area (Å²) in [4.78, 5) is 17.3. The van der Waals surface area contributed by atoms with Crippen LogP contribution in [0.2, 0.25) is 0 Å². The third kappa shape index (κ3) is 2.26. The molecule has 2 aliphatic rings. The van der Waals surface area contributed by atoms with Gasteiger partial charge in [-0.15, -0.1) is 0 Å². The van der Waals surface area contributed by atoms with Crippen molar-refractivity contribution >= 4 is 6.09 Å². The Morgan fingerprint density at radius 1 is 1.43 bits per heavy atom. The first-order chi connectivity index (χ1) is 9.79. The number of carbonyl (C=O) groups is 1. The molecule has 1 aromatic rings. The molecule has 3 heterocycles. The zero-order chi connectivity index (χ0) is 15.4. The molecule has 3 rings (SSSR count). The zero-order valence-corrected chi connectivity index (χ0v) is 12.3. The summed E-state index contributed by atoms with van der Waals surface area (Å²) in [5.74, 6) is -0.777. The van der Waals surface area contributed by atoms with Gasteiger partial charge in [-0.1, -0.05) is 0 Å². The van der Waals surface area contributed by atoms with Gasteiger partial charge < -0.3 is 4.74 Å². The number of alkyl halides is 1. The molecule has 0 saturated carbocycles. The van der Waals surface area contributed by atoms with Crippen LogP contribution in [0.15, 0.2) is 12.3 Å². The molecule has 2 unspecified atom stereocenters. The Balaban J connectivity index is 1.99. The molecule has 3 atom stereocenters. The van der Waals surface area contributed by atoms with E-state index in [0.29, 0.717) is 18.4 Å². The van der Waals surface area contributed by atoms with Crippen LogP contribution in [0.5, 0.6) is 0 Å². The number of rotatable bonds is 0. The summed E-state index contributed by atoms with van der Waals surface area (Å²) in [5.41, 5.74) is -0.133. The highest BCUT2D eigenvalue weighted by atomic mass is 19.1. The van der Waals surface area contributed by atoms with Gasteiger partial charge in [-0.05, 0) is 45.2 Å². The lowest BCUT2D eigenvalue weighted by molar-refractivity contribution is 0.000755. The number of ether oxygens (including phenoxy) is 1. The van der Waals surface area contributed by atoms with Crippen LogP contribution in [0.3, 0.4) is 0 Å². The molecule has 21 heavy (non-hydrogen) atoms. The average molecular weight is 296 g/mol. The molecule has 1 fully saturated rings. The SMILES string of the molecule is CC(C)(C)OC(=O)N1C2CCC1[C@@H](F)c1c2ccnc1F. The first kappa shape index (κ1) is 14.2. The highest BCUT2D eigenvalue weighted by Gasteiger charge is 2.50. The van der Waals surface area contributed by atoms with Crippen LogP contribution < -0.4 is 0 Å². The Bertz CT molecular complexity index is 586. The van der Waals surface area contributed by atoms with Crippen molar-refractivity contribution in [3.63, 3.8) is 0 Å². The van der Waals surface area contributed by atoms with Crippen LogP contribution in [-0.4, -0.2) is 27.6 Å². The molecule has 6 heteroatoms. The van der Waals surface area contributed by atoms with Gasteiger partial charge in [0.2, 0.25) is 5.95 Å². The summed E-state index contributed by atoms with van der Waals surface area (Å²) in [6.07, 6.45) is 0.327. The Kier molecular flexibility index (Phi) is 3.15. The van der Waals surface area contributed by atoms with E-state index in [2.05, 4.69) is 4.98 Å². The molecule has 1 aromatic heterocycles. The molecule has 1 amide bonds. The quantitative estimate of drug-likeness (QED) is 0.686. The summed E-state index contributed by atoms with van der Waals surface area (Å²) in [5, 5.41) is 0. The lowest BCUT2D eigenvalue weighted by atomic mass is 9.93. The summed E-state index contributed by atoms with van der Waals surface area (Å²) in [6.45, 7) is 5.30. The van der Waals surface area contributed by atoms with Gasteiger partial charge in [0.15, 0.2) is 6.17 Å². The predicted molar refractivity (Wildman–Crippen MR) is 71.9 cm³/mol. The van der Waals surface area contributed by atoms with Crippen LogP contribution >= 0.6 is 0 Å².